The molecule has 0 amide bonds. The lowest BCUT2D eigenvalue weighted by molar-refractivity contribution is 0.0696. The number of carboxylic acid groups (broad SMARTS) is 1. The molecule has 0 unspecified atom stereocenters. The van der Waals surface area contributed by atoms with Crippen LogP contribution in [0.2, 0.25) is 0 Å². The fourth-order valence-electron chi connectivity index (χ4n) is 2.11. The number of ether oxygens (including phenoxy) is 3. The molecule has 2 rings (SSSR count). The maximum Gasteiger partial charge on any atom is 0.337 e. The van der Waals surface area contributed by atoms with E-state index in [1.54, 1.807) is 6.07 Å². The number of nitrogens with zero attached hydrogens (tertiary/aromatic N) is 1. The Morgan fingerprint density at radius 3 is 2.32 bits per heavy atom. The highest BCUT2D eigenvalue weighted by atomic mass is 16.5. The molecule has 0 bridgehead atoms. The first-order valence-corrected chi connectivity index (χ1v) is 5.99. The van der Waals surface area contributed by atoms with E-state index < -0.39 is 5.97 Å². The number of aromatic carboxylic acids is 1. The van der Waals surface area contributed by atoms with Crippen LogP contribution in [0.4, 0.5) is 5.69 Å². The molecule has 1 aliphatic rings. The van der Waals surface area contributed by atoms with E-state index in [0.29, 0.717) is 43.5 Å². The van der Waals surface area contributed by atoms with Gasteiger partial charge in [-0.15, -0.1) is 0 Å². The molecule has 19 heavy (non-hydrogen) atoms. The molecule has 0 aliphatic carbocycles. The van der Waals surface area contributed by atoms with Gasteiger partial charge in [-0.2, -0.15) is 0 Å². The Morgan fingerprint density at radius 2 is 1.79 bits per heavy atom. The van der Waals surface area contributed by atoms with Crippen molar-refractivity contribution in [3.63, 3.8) is 0 Å². The summed E-state index contributed by atoms with van der Waals surface area (Å²) in [6.07, 6.45) is 0. The molecule has 0 atom stereocenters. The Morgan fingerprint density at radius 1 is 1.21 bits per heavy atom. The van der Waals surface area contributed by atoms with Crippen LogP contribution in [0.1, 0.15) is 10.4 Å². The maximum atomic E-state index is 11.4. The molecular formula is C13H17NO5. The molecule has 104 valence electrons. The minimum absolute atomic E-state index is 0.208. The van der Waals surface area contributed by atoms with Crippen LogP contribution in [0, 0.1) is 0 Å². The Bertz CT molecular complexity index is 468. The minimum atomic E-state index is -0.984. The lowest BCUT2D eigenvalue weighted by Gasteiger charge is -2.30. The lowest BCUT2D eigenvalue weighted by Crippen LogP contribution is -2.37. The van der Waals surface area contributed by atoms with Crippen molar-refractivity contribution in [2.45, 2.75) is 0 Å². The summed E-state index contributed by atoms with van der Waals surface area (Å²) in [5.41, 5.74) is 0.841. The van der Waals surface area contributed by atoms with Gasteiger partial charge in [0.2, 0.25) is 0 Å². The molecule has 0 radical (unpaired) electrons. The fraction of sp³-hybridized carbons (Fsp3) is 0.462. The van der Waals surface area contributed by atoms with Gasteiger partial charge < -0.3 is 24.2 Å². The topological polar surface area (TPSA) is 68.2 Å². The third kappa shape index (κ3) is 2.73. The van der Waals surface area contributed by atoms with Crippen LogP contribution >= 0.6 is 0 Å². The molecule has 0 spiro atoms. The van der Waals surface area contributed by atoms with Crippen molar-refractivity contribution in [2.24, 2.45) is 0 Å². The summed E-state index contributed by atoms with van der Waals surface area (Å²) in [7, 11) is 3.01. The summed E-state index contributed by atoms with van der Waals surface area (Å²) in [4.78, 5) is 13.4. The fourth-order valence-corrected chi connectivity index (χ4v) is 2.11. The van der Waals surface area contributed by atoms with E-state index >= 15 is 0 Å². The van der Waals surface area contributed by atoms with Gasteiger partial charge in [-0.1, -0.05) is 0 Å². The standard InChI is InChI=1S/C13H17NO5/c1-17-11-7-9(13(15)16)10(8-12(11)18-2)14-3-5-19-6-4-14/h7-8H,3-6H2,1-2H3,(H,15,16). The summed E-state index contributed by atoms with van der Waals surface area (Å²) in [5, 5.41) is 9.33. The van der Waals surface area contributed by atoms with E-state index in [9.17, 15) is 9.90 Å². The van der Waals surface area contributed by atoms with Crippen molar-refractivity contribution in [3.8, 4) is 11.5 Å². The van der Waals surface area contributed by atoms with Crippen molar-refractivity contribution in [1.82, 2.24) is 0 Å². The first-order valence-electron chi connectivity index (χ1n) is 5.99. The monoisotopic (exact) mass is 267 g/mol. The van der Waals surface area contributed by atoms with Crippen LogP contribution in [0.15, 0.2) is 12.1 Å². The molecule has 1 fully saturated rings. The van der Waals surface area contributed by atoms with Gasteiger partial charge in [-0.25, -0.2) is 4.79 Å². The summed E-state index contributed by atoms with van der Waals surface area (Å²) in [6, 6.07) is 3.19. The zero-order chi connectivity index (χ0) is 13.8. The molecule has 1 heterocycles. The Labute approximate surface area is 111 Å². The maximum absolute atomic E-state index is 11.4. The van der Waals surface area contributed by atoms with Gasteiger partial charge in [0.25, 0.3) is 0 Å². The molecule has 6 nitrogen and oxygen atoms in total. The average molecular weight is 267 g/mol. The second-order valence-electron chi connectivity index (χ2n) is 4.13. The second-order valence-corrected chi connectivity index (χ2v) is 4.13. The molecule has 0 aromatic heterocycles. The molecule has 1 aliphatic heterocycles. The van der Waals surface area contributed by atoms with Gasteiger partial charge in [0.1, 0.15) is 0 Å². The SMILES string of the molecule is COc1cc(C(=O)O)c(N2CCOCC2)cc1OC. The molecule has 0 saturated carbocycles. The van der Waals surface area contributed by atoms with Gasteiger partial charge in [-0.3, -0.25) is 0 Å². The summed E-state index contributed by atoms with van der Waals surface area (Å²) >= 11 is 0. The Balaban J connectivity index is 2.46. The highest BCUT2D eigenvalue weighted by molar-refractivity contribution is 5.95. The third-order valence-corrected chi connectivity index (χ3v) is 3.08. The number of carboxylic acids is 1. The minimum Gasteiger partial charge on any atom is -0.493 e. The predicted molar refractivity (Wildman–Crippen MR) is 69.5 cm³/mol. The average Bonchev–Trinajstić information content (AvgIpc) is 2.46. The van der Waals surface area contributed by atoms with E-state index in [1.807, 2.05) is 4.90 Å². The largest absolute Gasteiger partial charge is 0.493 e. The van der Waals surface area contributed by atoms with Gasteiger partial charge in [0.05, 0.1) is 38.7 Å². The zero-order valence-corrected chi connectivity index (χ0v) is 11.0. The smallest absolute Gasteiger partial charge is 0.337 e. The van der Waals surface area contributed by atoms with Crippen LogP contribution in [0.25, 0.3) is 0 Å². The molecule has 1 saturated heterocycles. The molecule has 1 aromatic carbocycles. The van der Waals surface area contributed by atoms with Gasteiger partial charge in [-0.05, 0) is 0 Å². The number of hydrogen-bond donors (Lipinski definition) is 1. The van der Waals surface area contributed by atoms with E-state index in [0.717, 1.165) is 0 Å². The molecule has 1 N–H and O–H groups in total. The summed E-state index contributed by atoms with van der Waals surface area (Å²) < 4.78 is 15.6. The third-order valence-electron chi connectivity index (χ3n) is 3.08. The van der Waals surface area contributed by atoms with E-state index in [2.05, 4.69) is 0 Å². The van der Waals surface area contributed by atoms with E-state index in [4.69, 9.17) is 14.2 Å². The second kappa shape index (κ2) is 5.79. The highest BCUT2D eigenvalue weighted by Crippen LogP contribution is 2.35. The number of morpholine rings is 1. The van der Waals surface area contributed by atoms with Crippen LogP contribution < -0.4 is 14.4 Å². The van der Waals surface area contributed by atoms with Gasteiger partial charge in [0, 0.05) is 25.2 Å². The Hall–Kier alpha value is -1.95. The number of carbonyl (C=O) groups is 1. The van der Waals surface area contributed by atoms with Crippen molar-refractivity contribution < 1.29 is 24.1 Å². The number of hydrogen-bond acceptors (Lipinski definition) is 5. The predicted octanol–water partition coefficient (Wildman–Crippen LogP) is 1.24. The van der Waals surface area contributed by atoms with E-state index in [1.165, 1.54) is 20.3 Å². The van der Waals surface area contributed by atoms with Crippen LogP contribution in [0.5, 0.6) is 11.5 Å². The normalized spacial score (nSPS) is 15.2. The number of anilines is 1. The summed E-state index contributed by atoms with van der Waals surface area (Å²) in [6.45, 7) is 2.51. The number of benzene rings is 1. The quantitative estimate of drug-likeness (QED) is 0.885. The number of rotatable bonds is 4. The van der Waals surface area contributed by atoms with Crippen molar-refractivity contribution >= 4 is 11.7 Å². The zero-order valence-electron chi connectivity index (χ0n) is 11.0. The van der Waals surface area contributed by atoms with Gasteiger partial charge >= 0.3 is 5.97 Å². The molecular weight excluding hydrogens is 250 g/mol. The van der Waals surface area contributed by atoms with E-state index in [-0.39, 0.29) is 5.56 Å². The highest BCUT2D eigenvalue weighted by Gasteiger charge is 2.21. The van der Waals surface area contributed by atoms with Crippen molar-refractivity contribution in [3.05, 3.63) is 17.7 Å². The van der Waals surface area contributed by atoms with Gasteiger partial charge in [0.15, 0.2) is 11.5 Å². The van der Waals surface area contributed by atoms with Crippen LogP contribution in [0.3, 0.4) is 0 Å². The Kier molecular flexibility index (Phi) is 4.11. The first kappa shape index (κ1) is 13.5. The lowest BCUT2D eigenvalue weighted by atomic mass is 10.1. The van der Waals surface area contributed by atoms with Crippen LogP contribution in [-0.4, -0.2) is 51.6 Å². The summed E-state index contributed by atoms with van der Waals surface area (Å²) in [5.74, 6) is -0.0478. The van der Waals surface area contributed by atoms with Crippen molar-refractivity contribution in [2.75, 3.05) is 45.4 Å². The molecule has 1 aromatic rings. The van der Waals surface area contributed by atoms with Crippen LogP contribution in [-0.2, 0) is 4.74 Å². The first-order chi connectivity index (χ1) is 9.17. The molecule has 6 heteroatoms. The number of methoxy groups -OCH3 is 2. The van der Waals surface area contributed by atoms with Crippen molar-refractivity contribution in [1.29, 1.82) is 0 Å².